The average Bonchev–Trinajstić information content (AvgIpc) is 2.82. The molecule has 1 aliphatic heterocycles. The molecule has 1 aromatic carbocycles. The van der Waals surface area contributed by atoms with Gasteiger partial charge in [-0.25, -0.2) is 0 Å². The van der Waals surface area contributed by atoms with Crippen molar-refractivity contribution in [3.63, 3.8) is 0 Å². The molecule has 2 atom stereocenters. The normalized spacial score (nSPS) is 20.9. The third kappa shape index (κ3) is 3.47. The van der Waals surface area contributed by atoms with Crippen LogP contribution in [0.4, 0.5) is 0 Å². The Morgan fingerprint density at radius 1 is 1.50 bits per heavy atom. The number of hydrogen-bond donors (Lipinski definition) is 1. The van der Waals surface area contributed by atoms with Gasteiger partial charge >= 0.3 is 0 Å². The number of hydrogen-bond acceptors (Lipinski definition) is 3. The van der Waals surface area contributed by atoms with Crippen molar-refractivity contribution in [3.8, 4) is 5.75 Å². The van der Waals surface area contributed by atoms with E-state index in [2.05, 4.69) is 25.1 Å². The van der Waals surface area contributed by atoms with Gasteiger partial charge < -0.3 is 15.2 Å². The van der Waals surface area contributed by atoms with Crippen molar-refractivity contribution in [2.45, 2.75) is 45.3 Å². The molecule has 0 spiro atoms. The van der Waals surface area contributed by atoms with E-state index in [0.717, 1.165) is 30.8 Å². The molecule has 18 heavy (non-hydrogen) atoms. The lowest BCUT2D eigenvalue weighted by atomic mass is 10.1. The van der Waals surface area contributed by atoms with Crippen molar-refractivity contribution in [2.24, 2.45) is 5.73 Å². The van der Waals surface area contributed by atoms with E-state index in [4.69, 9.17) is 15.2 Å². The van der Waals surface area contributed by atoms with Crippen LogP contribution in [0.3, 0.4) is 0 Å². The fourth-order valence-corrected chi connectivity index (χ4v) is 2.32. The third-order valence-corrected chi connectivity index (χ3v) is 3.38. The first-order valence-electron chi connectivity index (χ1n) is 6.77. The van der Waals surface area contributed by atoms with Gasteiger partial charge in [0.1, 0.15) is 5.75 Å². The van der Waals surface area contributed by atoms with Crippen LogP contribution in [0.25, 0.3) is 0 Å². The SMILES string of the molecule is Cc1ccc([C@@H](C)N)c(OCCC2CCCO2)c1. The number of nitrogens with two attached hydrogens (primary N) is 1. The summed E-state index contributed by atoms with van der Waals surface area (Å²) < 4.78 is 11.5. The van der Waals surface area contributed by atoms with Crippen molar-refractivity contribution in [1.29, 1.82) is 0 Å². The highest BCUT2D eigenvalue weighted by Crippen LogP contribution is 2.25. The number of ether oxygens (including phenoxy) is 2. The Morgan fingerprint density at radius 2 is 2.33 bits per heavy atom. The summed E-state index contributed by atoms with van der Waals surface area (Å²) >= 11 is 0. The molecule has 1 heterocycles. The molecule has 0 amide bonds. The van der Waals surface area contributed by atoms with Crippen LogP contribution in [0.1, 0.15) is 43.4 Å². The quantitative estimate of drug-likeness (QED) is 0.872. The Hall–Kier alpha value is -1.06. The second kappa shape index (κ2) is 6.21. The predicted octanol–water partition coefficient (Wildman–Crippen LogP) is 2.96. The molecule has 2 rings (SSSR count). The maximum Gasteiger partial charge on any atom is 0.124 e. The zero-order chi connectivity index (χ0) is 13.0. The Balaban J connectivity index is 1.92. The fraction of sp³-hybridized carbons (Fsp3) is 0.600. The molecule has 1 unspecified atom stereocenters. The van der Waals surface area contributed by atoms with Crippen molar-refractivity contribution < 1.29 is 9.47 Å². The average molecular weight is 249 g/mol. The summed E-state index contributed by atoms with van der Waals surface area (Å²) in [5, 5.41) is 0. The van der Waals surface area contributed by atoms with Gasteiger partial charge in [-0.3, -0.25) is 0 Å². The summed E-state index contributed by atoms with van der Waals surface area (Å²) in [4.78, 5) is 0. The summed E-state index contributed by atoms with van der Waals surface area (Å²) in [5.41, 5.74) is 8.23. The zero-order valence-corrected chi connectivity index (χ0v) is 11.3. The van der Waals surface area contributed by atoms with Crippen LogP contribution >= 0.6 is 0 Å². The van der Waals surface area contributed by atoms with E-state index in [0.29, 0.717) is 12.7 Å². The highest BCUT2D eigenvalue weighted by atomic mass is 16.5. The van der Waals surface area contributed by atoms with Crippen LogP contribution in [0, 0.1) is 6.92 Å². The van der Waals surface area contributed by atoms with Gasteiger partial charge in [0.05, 0.1) is 12.7 Å². The second-order valence-electron chi connectivity index (χ2n) is 5.10. The first kappa shape index (κ1) is 13.4. The van der Waals surface area contributed by atoms with Gasteiger partial charge in [0.15, 0.2) is 0 Å². The molecular weight excluding hydrogens is 226 g/mol. The van der Waals surface area contributed by atoms with Crippen LogP contribution in [0.5, 0.6) is 5.75 Å². The predicted molar refractivity (Wildman–Crippen MR) is 72.9 cm³/mol. The molecule has 100 valence electrons. The zero-order valence-electron chi connectivity index (χ0n) is 11.3. The molecule has 0 aliphatic carbocycles. The molecule has 0 bridgehead atoms. The molecule has 1 saturated heterocycles. The molecule has 1 aromatic rings. The highest BCUT2D eigenvalue weighted by Gasteiger charge is 2.15. The largest absolute Gasteiger partial charge is 0.493 e. The van der Waals surface area contributed by atoms with Crippen molar-refractivity contribution in [1.82, 2.24) is 0 Å². The molecule has 2 N–H and O–H groups in total. The summed E-state index contributed by atoms with van der Waals surface area (Å²) in [6.45, 7) is 5.66. The van der Waals surface area contributed by atoms with E-state index in [1.165, 1.54) is 12.0 Å². The molecule has 0 saturated carbocycles. The number of rotatable bonds is 5. The Labute approximate surface area is 109 Å². The van der Waals surface area contributed by atoms with Gasteiger partial charge in [0, 0.05) is 24.6 Å². The fourth-order valence-electron chi connectivity index (χ4n) is 2.32. The summed E-state index contributed by atoms with van der Waals surface area (Å²) in [6.07, 6.45) is 3.69. The van der Waals surface area contributed by atoms with Crippen LogP contribution < -0.4 is 10.5 Å². The summed E-state index contributed by atoms with van der Waals surface area (Å²) in [5.74, 6) is 0.919. The monoisotopic (exact) mass is 249 g/mol. The maximum atomic E-state index is 5.95. The molecule has 3 nitrogen and oxygen atoms in total. The first-order chi connectivity index (χ1) is 8.66. The van der Waals surface area contributed by atoms with E-state index in [9.17, 15) is 0 Å². The summed E-state index contributed by atoms with van der Waals surface area (Å²) in [6, 6.07) is 6.20. The van der Waals surface area contributed by atoms with Crippen LogP contribution in [-0.2, 0) is 4.74 Å². The highest BCUT2D eigenvalue weighted by molar-refractivity contribution is 5.38. The smallest absolute Gasteiger partial charge is 0.124 e. The Bertz CT molecular complexity index is 384. The summed E-state index contributed by atoms with van der Waals surface area (Å²) in [7, 11) is 0. The molecule has 1 fully saturated rings. The number of aryl methyl sites for hydroxylation is 1. The van der Waals surface area contributed by atoms with E-state index >= 15 is 0 Å². The van der Waals surface area contributed by atoms with Crippen LogP contribution in [0.15, 0.2) is 18.2 Å². The Morgan fingerprint density at radius 3 is 3.00 bits per heavy atom. The lowest BCUT2D eigenvalue weighted by molar-refractivity contribution is 0.0901. The van der Waals surface area contributed by atoms with Gasteiger partial charge in [0.2, 0.25) is 0 Å². The van der Waals surface area contributed by atoms with E-state index < -0.39 is 0 Å². The van der Waals surface area contributed by atoms with Crippen molar-refractivity contribution in [3.05, 3.63) is 29.3 Å². The van der Waals surface area contributed by atoms with Crippen molar-refractivity contribution in [2.75, 3.05) is 13.2 Å². The third-order valence-electron chi connectivity index (χ3n) is 3.38. The van der Waals surface area contributed by atoms with Crippen molar-refractivity contribution >= 4 is 0 Å². The van der Waals surface area contributed by atoms with Gasteiger partial charge in [-0.2, -0.15) is 0 Å². The molecule has 1 aliphatic rings. The standard InChI is InChI=1S/C15H23NO2/c1-11-5-6-14(12(2)16)15(10-11)18-9-7-13-4-3-8-17-13/h5-6,10,12-13H,3-4,7-9,16H2,1-2H3/t12-,13?/m1/s1. The lowest BCUT2D eigenvalue weighted by Gasteiger charge is -2.16. The van der Waals surface area contributed by atoms with Crippen LogP contribution in [0.2, 0.25) is 0 Å². The minimum atomic E-state index is 0.00308. The molecule has 0 radical (unpaired) electrons. The molecule has 3 heteroatoms. The van der Waals surface area contributed by atoms with Crippen LogP contribution in [-0.4, -0.2) is 19.3 Å². The second-order valence-corrected chi connectivity index (χ2v) is 5.10. The van der Waals surface area contributed by atoms with Gasteiger partial charge in [0.25, 0.3) is 0 Å². The van der Waals surface area contributed by atoms with Gasteiger partial charge in [-0.15, -0.1) is 0 Å². The van der Waals surface area contributed by atoms with E-state index in [1.807, 2.05) is 6.92 Å². The molecule has 0 aromatic heterocycles. The van der Waals surface area contributed by atoms with Gasteiger partial charge in [-0.1, -0.05) is 12.1 Å². The maximum absolute atomic E-state index is 5.95. The minimum absolute atomic E-state index is 0.00308. The lowest BCUT2D eigenvalue weighted by Crippen LogP contribution is -2.13. The topological polar surface area (TPSA) is 44.5 Å². The van der Waals surface area contributed by atoms with Gasteiger partial charge in [-0.05, 0) is 38.3 Å². The first-order valence-corrected chi connectivity index (χ1v) is 6.77. The Kier molecular flexibility index (Phi) is 4.61. The van der Waals surface area contributed by atoms with E-state index in [-0.39, 0.29) is 6.04 Å². The van der Waals surface area contributed by atoms with E-state index in [1.54, 1.807) is 0 Å². The number of benzene rings is 1. The minimum Gasteiger partial charge on any atom is -0.493 e. The molecular formula is C15H23NO2.